The molecule has 3 N–H and O–H groups in total. The zero-order valence-corrected chi connectivity index (χ0v) is 14.5. The average Bonchev–Trinajstić information content (AvgIpc) is 2.59. The summed E-state index contributed by atoms with van der Waals surface area (Å²) in [5, 5.41) is 10.2. The normalized spacial score (nSPS) is 23.7. The van der Waals surface area contributed by atoms with Crippen molar-refractivity contribution in [3.63, 3.8) is 0 Å². The maximum absolute atomic E-state index is 12.7. The predicted octanol–water partition coefficient (Wildman–Crippen LogP) is 3.56. The summed E-state index contributed by atoms with van der Waals surface area (Å²) in [6, 6.07) is 12.4. The third-order valence-corrected chi connectivity index (χ3v) is 4.78. The molecular formula is C19H20F3N3O. The van der Waals surface area contributed by atoms with Gasteiger partial charge in [0.2, 0.25) is 0 Å². The summed E-state index contributed by atoms with van der Waals surface area (Å²) in [7, 11) is 1.67. The molecule has 0 spiro atoms. The molecule has 1 aliphatic heterocycles. The zero-order chi connectivity index (χ0) is 19.1. The second-order valence-electron chi connectivity index (χ2n) is 6.70. The van der Waals surface area contributed by atoms with Crippen molar-refractivity contribution >= 4 is 5.96 Å². The van der Waals surface area contributed by atoms with E-state index in [-0.39, 0.29) is 5.96 Å². The van der Waals surface area contributed by atoms with Gasteiger partial charge in [-0.3, -0.25) is 0 Å². The van der Waals surface area contributed by atoms with Crippen LogP contribution in [0.2, 0.25) is 0 Å². The Labute approximate surface area is 149 Å². The first-order valence-corrected chi connectivity index (χ1v) is 8.14. The Morgan fingerprint density at radius 3 is 2.38 bits per heavy atom. The molecule has 0 saturated carbocycles. The molecule has 0 aromatic heterocycles. The van der Waals surface area contributed by atoms with Crippen LogP contribution < -0.4 is 5.73 Å². The van der Waals surface area contributed by atoms with Gasteiger partial charge in [0.05, 0.1) is 11.1 Å². The summed E-state index contributed by atoms with van der Waals surface area (Å²) in [4.78, 5) is 6.01. The second-order valence-corrected chi connectivity index (χ2v) is 6.70. The Morgan fingerprint density at radius 1 is 1.15 bits per heavy atom. The van der Waals surface area contributed by atoms with E-state index in [2.05, 4.69) is 4.99 Å². The van der Waals surface area contributed by atoms with Gasteiger partial charge in [-0.05, 0) is 41.8 Å². The molecule has 2 aromatic carbocycles. The van der Waals surface area contributed by atoms with E-state index in [4.69, 9.17) is 5.73 Å². The number of guanidine groups is 1. The van der Waals surface area contributed by atoms with Crippen LogP contribution in [0.4, 0.5) is 13.2 Å². The van der Waals surface area contributed by atoms with Gasteiger partial charge in [-0.25, -0.2) is 4.99 Å². The number of hydrogen-bond acceptors (Lipinski definition) is 4. The molecule has 0 saturated heterocycles. The smallest absolute Gasteiger partial charge is 0.373 e. The number of halogens is 3. The van der Waals surface area contributed by atoms with Gasteiger partial charge in [0.15, 0.2) is 5.96 Å². The molecule has 26 heavy (non-hydrogen) atoms. The number of benzene rings is 2. The lowest BCUT2D eigenvalue weighted by molar-refractivity contribution is -0.137. The lowest BCUT2D eigenvalue weighted by Gasteiger charge is -2.38. The average molecular weight is 363 g/mol. The van der Waals surface area contributed by atoms with Crippen molar-refractivity contribution < 1.29 is 18.3 Å². The minimum Gasteiger partial charge on any atom is -0.373 e. The van der Waals surface area contributed by atoms with Gasteiger partial charge in [0, 0.05) is 13.5 Å². The summed E-state index contributed by atoms with van der Waals surface area (Å²) in [6.45, 7) is 1.88. The molecule has 1 heterocycles. The highest BCUT2D eigenvalue weighted by Crippen LogP contribution is 2.36. The second kappa shape index (κ2) is 6.32. The molecule has 1 aliphatic rings. The first-order chi connectivity index (χ1) is 12.1. The van der Waals surface area contributed by atoms with Gasteiger partial charge in [0.1, 0.15) is 6.23 Å². The Morgan fingerprint density at radius 2 is 1.81 bits per heavy atom. The molecule has 4 nitrogen and oxygen atoms in total. The summed E-state index contributed by atoms with van der Waals surface area (Å²) in [5.41, 5.74) is 6.80. The molecule has 2 aromatic rings. The lowest BCUT2D eigenvalue weighted by atomic mass is 9.85. The van der Waals surface area contributed by atoms with Crippen molar-refractivity contribution in [2.24, 2.45) is 10.7 Å². The molecule has 0 fully saturated rings. The van der Waals surface area contributed by atoms with Crippen molar-refractivity contribution in [1.29, 1.82) is 0 Å². The van der Waals surface area contributed by atoms with E-state index in [1.54, 1.807) is 7.05 Å². The summed E-state index contributed by atoms with van der Waals surface area (Å²) >= 11 is 0. The fourth-order valence-electron chi connectivity index (χ4n) is 3.09. The van der Waals surface area contributed by atoms with Gasteiger partial charge in [0.25, 0.3) is 0 Å². The van der Waals surface area contributed by atoms with E-state index < -0.39 is 23.5 Å². The van der Waals surface area contributed by atoms with E-state index in [1.807, 2.05) is 31.2 Å². The summed E-state index contributed by atoms with van der Waals surface area (Å²) in [6.07, 6.45) is -4.75. The predicted molar refractivity (Wildman–Crippen MR) is 94.2 cm³/mol. The van der Waals surface area contributed by atoms with E-state index in [1.165, 1.54) is 17.0 Å². The Kier molecular flexibility index (Phi) is 4.44. The van der Waals surface area contributed by atoms with Gasteiger partial charge >= 0.3 is 6.18 Å². The fraction of sp³-hybridized carbons (Fsp3) is 0.316. The van der Waals surface area contributed by atoms with E-state index in [9.17, 15) is 18.3 Å². The SMILES string of the molecule is CN1C(N)=NC(C)(c2cccc(-c3ccc(C(F)(F)F)cc3)c2)CC1O. The van der Waals surface area contributed by atoms with E-state index in [0.29, 0.717) is 12.0 Å². The number of nitrogens with two attached hydrogens (primary N) is 1. The van der Waals surface area contributed by atoms with Crippen molar-refractivity contribution in [2.45, 2.75) is 31.3 Å². The van der Waals surface area contributed by atoms with Crippen molar-refractivity contribution in [3.05, 3.63) is 59.7 Å². The molecule has 0 amide bonds. The van der Waals surface area contributed by atoms with Crippen LogP contribution in [0, 0.1) is 0 Å². The van der Waals surface area contributed by atoms with Crippen molar-refractivity contribution in [3.8, 4) is 11.1 Å². The number of aliphatic hydroxyl groups excluding tert-OH is 1. The zero-order valence-electron chi connectivity index (χ0n) is 14.5. The van der Waals surface area contributed by atoms with Gasteiger partial charge < -0.3 is 15.7 Å². The minimum absolute atomic E-state index is 0.242. The fourth-order valence-corrected chi connectivity index (χ4v) is 3.09. The third kappa shape index (κ3) is 3.39. The minimum atomic E-state index is -4.36. The Balaban J connectivity index is 1.96. The van der Waals surface area contributed by atoms with Crippen LogP contribution in [0.1, 0.15) is 24.5 Å². The maximum Gasteiger partial charge on any atom is 0.416 e. The van der Waals surface area contributed by atoms with Crippen LogP contribution in [-0.2, 0) is 11.7 Å². The summed E-state index contributed by atoms with van der Waals surface area (Å²) in [5.74, 6) is 0.242. The number of alkyl halides is 3. The van der Waals surface area contributed by atoms with Crippen LogP contribution in [-0.4, -0.2) is 29.2 Å². The number of rotatable bonds is 2. The van der Waals surface area contributed by atoms with Crippen LogP contribution in [0.3, 0.4) is 0 Å². The van der Waals surface area contributed by atoms with Crippen molar-refractivity contribution in [1.82, 2.24) is 4.90 Å². The number of hydrogen-bond donors (Lipinski definition) is 2. The van der Waals surface area contributed by atoms with Gasteiger partial charge in [-0.1, -0.05) is 30.3 Å². The molecule has 0 radical (unpaired) electrons. The topological polar surface area (TPSA) is 61.8 Å². The maximum atomic E-state index is 12.7. The molecule has 7 heteroatoms. The molecule has 2 atom stereocenters. The molecule has 0 aliphatic carbocycles. The van der Waals surface area contributed by atoms with Crippen LogP contribution in [0.25, 0.3) is 11.1 Å². The number of aliphatic hydroxyl groups is 1. The first-order valence-electron chi connectivity index (χ1n) is 8.14. The van der Waals surface area contributed by atoms with Gasteiger partial charge in [-0.15, -0.1) is 0 Å². The lowest BCUT2D eigenvalue weighted by Crippen LogP contribution is -2.50. The first kappa shape index (κ1) is 18.3. The molecular weight excluding hydrogens is 343 g/mol. The largest absolute Gasteiger partial charge is 0.416 e. The van der Waals surface area contributed by atoms with Crippen LogP contribution in [0.5, 0.6) is 0 Å². The number of nitrogens with zero attached hydrogens (tertiary/aromatic N) is 2. The van der Waals surface area contributed by atoms with E-state index in [0.717, 1.165) is 23.3 Å². The van der Waals surface area contributed by atoms with Crippen LogP contribution >= 0.6 is 0 Å². The Hall–Kier alpha value is -2.54. The molecule has 138 valence electrons. The quantitative estimate of drug-likeness (QED) is 0.858. The molecule has 2 unspecified atom stereocenters. The van der Waals surface area contributed by atoms with E-state index >= 15 is 0 Å². The summed E-state index contributed by atoms with van der Waals surface area (Å²) < 4.78 is 38.2. The highest BCUT2D eigenvalue weighted by atomic mass is 19.4. The third-order valence-electron chi connectivity index (χ3n) is 4.78. The number of aliphatic imine (C=N–C) groups is 1. The van der Waals surface area contributed by atoms with Gasteiger partial charge in [-0.2, -0.15) is 13.2 Å². The molecule has 0 bridgehead atoms. The Bertz CT molecular complexity index is 833. The highest BCUT2D eigenvalue weighted by molar-refractivity contribution is 5.79. The monoisotopic (exact) mass is 363 g/mol. The molecule has 3 rings (SSSR count). The van der Waals surface area contributed by atoms with Crippen molar-refractivity contribution in [2.75, 3.05) is 7.05 Å². The standard InChI is InChI=1S/C19H20F3N3O/c1-18(11-16(26)25(2)17(23)24-18)15-5-3-4-13(10-15)12-6-8-14(9-7-12)19(20,21)22/h3-10,16,26H,11H2,1-2H3,(H2,23,24). The van der Waals surface area contributed by atoms with Crippen LogP contribution in [0.15, 0.2) is 53.5 Å². The highest BCUT2D eigenvalue weighted by Gasteiger charge is 2.36.